The average molecular weight is 286 g/mol. The fourth-order valence-corrected chi connectivity index (χ4v) is 2.38. The van der Waals surface area contributed by atoms with Crippen molar-refractivity contribution in [2.24, 2.45) is 0 Å². The molecular formula is C17H22N2O2. The van der Waals surface area contributed by atoms with Gasteiger partial charge in [0.15, 0.2) is 6.04 Å². The molecule has 0 fully saturated rings. The second kappa shape index (κ2) is 7.07. The lowest BCUT2D eigenvalue weighted by atomic mass is 10.1. The Hall–Kier alpha value is -2.10. The Labute approximate surface area is 125 Å². The van der Waals surface area contributed by atoms with Crippen molar-refractivity contribution in [3.8, 4) is 0 Å². The normalized spacial score (nSPS) is 12.1. The van der Waals surface area contributed by atoms with Crippen molar-refractivity contribution in [1.82, 2.24) is 9.78 Å². The highest BCUT2D eigenvalue weighted by atomic mass is 16.5. The van der Waals surface area contributed by atoms with Gasteiger partial charge < -0.3 is 4.74 Å². The van der Waals surface area contributed by atoms with E-state index in [2.05, 4.69) is 25.0 Å². The van der Waals surface area contributed by atoms with Crippen LogP contribution in [0.25, 0.3) is 0 Å². The number of aromatic nitrogens is 2. The molecule has 0 aliphatic carbocycles. The van der Waals surface area contributed by atoms with Crippen LogP contribution in [-0.2, 0) is 22.4 Å². The summed E-state index contributed by atoms with van der Waals surface area (Å²) in [7, 11) is 0. The second-order valence-electron chi connectivity index (χ2n) is 4.84. The zero-order valence-corrected chi connectivity index (χ0v) is 12.9. The van der Waals surface area contributed by atoms with Crippen molar-refractivity contribution in [2.45, 2.75) is 39.7 Å². The molecule has 2 rings (SSSR count). The zero-order valence-electron chi connectivity index (χ0n) is 12.9. The van der Waals surface area contributed by atoms with Crippen LogP contribution < -0.4 is 0 Å². The minimum absolute atomic E-state index is 0.260. The van der Waals surface area contributed by atoms with Gasteiger partial charge in [0.2, 0.25) is 0 Å². The maximum absolute atomic E-state index is 12.4. The summed E-state index contributed by atoms with van der Waals surface area (Å²) in [6.07, 6.45) is 1.68. The van der Waals surface area contributed by atoms with Gasteiger partial charge in [0.25, 0.3) is 0 Å². The third-order valence-electron chi connectivity index (χ3n) is 3.46. The number of esters is 1. The van der Waals surface area contributed by atoms with Crippen molar-refractivity contribution in [3.63, 3.8) is 0 Å². The summed E-state index contributed by atoms with van der Waals surface area (Å²) in [6.45, 7) is 6.32. The Morgan fingerprint density at radius 2 is 1.90 bits per heavy atom. The molecule has 0 amide bonds. The molecule has 0 aliphatic rings. The summed E-state index contributed by atoms with van der Waals surface area (Å²) in [5, 5.41) is 4.60. The van der Waals surface area contributed by atoms with E-state index >= 15 is 0 Å². The molecule has 0 bridgehead atoms. The summed E-state index contributed by atoms with van der Waals surface area (Å²) >= 11 is 0. The minimum atomic E-state index is -0.513. The van der Waals surface area contributed by atoms with Crippen LogP contribution in [0.15, 0.2) is 36.4 Å². The number of ether oxygens (including phenoxy) is 1. The highest BCUT2D eigenvalue weighted by Crippen LogP contribution is 2.22. The van der Waals surface area contributed by atoms with Gasteiger partial charge >= 0.3 is 5.97 Å². The van der Waals surface area contributed by atoms with Gasteiger partial charge in [-0.25, -0.2) is 4.79 Å². The molecule has 112 valence electrons. The van der Waals surface area contributed by atoms with E-state index in [1.54, 1.807) is 0 Å². The molecule has 1 atom stereocenters. The topological polar surface area (TPSA) is 44.1 Å². The molecule has 4 heteroatoms. The molecule has 1 aromatic heterocycles. The van der Waals surface area contributed by atoms with Gasteiger partial charge in [0.05, 0.1) is 12.3 Å². The lowest BCUT2D eigenvalue weighted by molar-refractivity contribution is -0.146. The zero-order chi connectivity index (χ0) is 15.2. The van der Waals surface area contributed by atoms with Gasteiger partial charge in [0.1, 0.15) is 0 Å². The van der Waals surface area contributed by atoms with Crippen LogP contribution in [0.3, 0.4) is 0 Å². The SMILES string of the molecule is CCOC(=O)C(c1ccccc1)n1nc(CC)cc1CC. The van der Waals surface area contributed by atoms with Crippen molar-refractivity contribution >= 4 is 5.97 Å². The molecule has 0 N–H and O–H groups in total. The Morgan fingerprint density at radius 1 is 1.19 bits per heavy atom. The van der Waals surface area contributed by atoms with Crippen LogP contribution in [0.4, 0.5) is 0 Å². The molecule has 0 aliphatic heterocycles. The Morgan fingerprint density at radius 3 is 2.48 bits per heavy atom. The van der Waals surface area contributed by atoms with Crippen molar-refractivity contribution in [2.75, 3.05) is 6.61 Å². The number of nitrogens with zero attached hydrogens (tertiary/aromatic N) is 2. The molecule has 0 saturated carbocycles. The minimum Gasteiger partial charge on any atom is -0.464 e. The quantitative estimate of drug-likeness (QED) is 0.766. The summed E-state index contributed by atoms with van der Waals surface area (Å²) < 4.78 is 7.07. The highest BCUT2D eigenvalue weighted by molar-refractivity contribution is 5.78. The predicted octanol–water partition coefficient (Wildman–Crippen LogP) is 3.16. The smallest absolute Gasteiger partial charge is 0.335 e. The molecule has 2 aromatic rings. The molecule has 1 unspecified atom stereocenters. The Bertz CT molecular complexity index is 590. The fourth-order valence-electron chi connectivity index (χ4n) is 2.38. The molecule has 0 spiro atoms. The summed E-state index contributed by atoms with van der Waals surface area (Å²) in [5.41, 5.74) is 2.95. The molecule has 21 heavy (non-hydrogen) atoms. The van der Waals surface area contributed by atoms with Crippen LogP contribution in [0.5, 0.6) is 0 Å². The Balaban J connectivity index is 2.49. The van der Waals surface area contributed by atoms with Gasteiger partial charge in [-0.3, -0.25) is 4.68 Å². The number of carbonyl (C=O) groups is 1. The summed E-state index contributed by atoms with van der Waals surface area (Å²) in [4.78, 5) is 12.4. The van der Waals surface area contributed by atoms with E-state index in [0.29, 0.717) is 6.61 Å². The Kier molecular flexibility index (Phi) is 5.14. The van der Waals surface area contributed by atoms with Crippen LogP contribution in [0.1, 0.15) is 43.8 Å². The van der Waals surface area contributed by atoms with Gasteiger partial charge in [0, 0.05) is 5.69 Å². The first kappa shape index (κ1) is 15.3. The van der Waals surface area contributed by atoms with Gasteiger partial charge in [-0.15, -0.1) is 0 Å². The van der Waals surface area contributed by atoms with Gasteiger partial charge in [-0.1, -0.05) is 44.2 Å². The first-order valence-electron chi connectivity index (χ1n) is 7.50. The maximum Gasteiger partial charge on any atom is 0.335 e. The molecular weight excluding hydrogens is 264 g/mol. The highest BCUT2D eigenvalue weighted by Gasteiger charge is 2.26. The first-order valence-corrected chi connectivity index (χ1v) is 7.50. The van der Waals surface area contributed by atoms with E-state index in [9.17, 15) is 4.79 Å². The average Bonchev–Trinajstić information content (AvgIpc) is 2.92. The van der Waals surface area contributed by atoms with E-state index in [4.69, 9.17) is 4.74 Å². The van der Waals surface area contributed by atoms with E-state index in [1.165, 1.54) is 0 Å². The van der Waals surface area contributed by atoms with Crippen molar-refractivity contribution in [3.05, 3.63) is 53.3 Å². The first-order chi connectivity index (χ1) is 10.2. The number of carbonyl (C=O) groups excluding carboxylic acids is 1. The molecule has 4 nitrogen and oxygen atoms in total. The van der Waals surface area contributed by atoms with Gasteiger partial charge in [-0.2, -0.15) is 5.10 Å². The third-order valence-corrected chi connectivity index (χ3v) is 3.46. The lowest BCUT2D eigenvalue weighted by Crippen LogP contribution is -2.25. The van der Waals surface area contributed by atoms with E-state index in [1.807, 2.05) is 41.9 Å². The number of benzene rings is 1. The lowest BCUT2D eigenvalue weighted by Gasteiger charge is -2.18. The fraction of sp³-hybridized carbons (Fsp3) is 0.412. The van der Waals surface area contributed by atoms with Crippen LogP contribution >= 0.6 is 0 Å². The molecule has 0 saturated heterocycles. The van der Waals surface area contributed by atoms with Gasteiger partial charge in [-0.05, 0) is 31.4 Å². The molecule has 1 aromatic carbocycles. The van der Waals surface area contributed by atoms with Crippen molar-refractivity contribution < 1.29 is 9.53 Å². The number of hydrogen-bond donors (Lipinski definition) is 0. The van der Waals surface area contributed by atoms with E-state index in [0.717, 1.165) is 29.8 Å². The maximum atomic E-state index is 12.4. The number of hydrogen-bond acceptors (Lipinski definition) is 3. The predicted molar refractivity (Wildman–Crippen MR) is 82.2 cm³/mol. The van der Waals surface area contributed by atoms with Crippen LogP contribution in [0, 0.1) is 0 Å². The monoisotopic (exact) mass is 286 g/mol. The largest absolute Gasteiger partial charge is 0.464 e. The van der Waals surface area contributed by atoms with Crippen LogP contribution in [0.2, 0.25) is 0 Å². The molecule has 0 radical (unpaired) electrons. The number of rotatable bonds is 6. The third kappa shape index (κ3) is 3.32. The number of aryl methyl sites for hydroxylation is 2. The summed E-state index contributed by atoms with van der Waals surface area (Å²) in [6, 6.07) is 11.2. The standard InChI is InChI=1S/C17H22N2O2/c1-4-14-12-15(5-2)19(18-14)16(17(20)21-6-3)13-10-8-7-9-11-13/h7-12,16H,4-6H2,1-3H3. The van der Waals surface area contributed by atoms with Crippen molar-refractivity contribution in [1.29, 1.82) is 0 Å². The van der Waals surface area contributed by atoms with E-state index < -0.39 is 6.04 Å². The van der Waals surface area contributed by atoms with E-state index in [-0.39, 0.29) is 5.97 Å². The molecule has 1 heterocycles. The van der Waals surface area contributed by atoms with Crippen LogP contribution in [-0.4, -0.2) is 22.4 Å². The second-order valence-corrected chi connectivity index (χ2v) is 4.84. The summed E-state index contributed by atoms with van der Waals surface area (Å²) in [5.74, 6) is -0.260.